The molecule has 0 aromatic heterocycles. The summed E-state index contributed by atoms with van der Waals surface area (Å²) in [5.74, 6) is -0.407. The van der Waals surface area contributed by atoms with Crippen molar-refractivity contribution in [3.05, 3.63) is 59.2 Å². The van der Waals surface area contributed by atoms with Gasteiger partial charge in [0, 0.05) is 30.9 Å². The molecule has 0 radical (unpaired) electrons. The van der Waals surface area contributed by atoms with E-state index in [0.29, 0.717) is 24.2 Å². The molecule has 3 rings (SSSR count). The van der Waals surface area contributed by atoms with Crippen LogP contribution in [0.25, 0.3) is 0 Å². The lowest BCUT2D eigenvalue weighted by Gasteiger charge is -2.24. The molecule has 0 spiro atoms. The molecule has 1 aliphatic heterocycles. The van der Waals surface area contributed by atoms with E-state index in [-0.39, 0.29) is 6.61 Å². The van der Waals surface area contributed by atoms with Gasteiger partial charge in [0.2, 0.25) is 10.0 Å². The Morgan fingerprint density at radius 1 is 1.14 bits per heavy atom. The summed E-state index contributed by atoms with van der Waals surface area (Å²) in [6.45, 7) is 6.54. The van der Waals surface area contributed by atoms with Crippen LogP contribution in [0.15, 0.2) is 42.5 Å². The first-order chi connectivity index (χ1) is 13.3. The number of para-hydroxylation sites is 1. The molecule has 0 N–H and O–H groups in total. The SMILES string of the molecule is CCN(CC)c1ccccc1COC(=O)c1ccc2c(c1)CCN2S(C)(=O)=O. The van der Waals surface area contributed by atoms with E-state index in [4.69, 9.17) is 4.74 Å². The molecule has 0 saturated carbocycles. The second kappa shape index (κ2) is 8.22. The van der Waals surface area contributed by atoms with Crippen molar-refractivity contribution >= 4 is 27.4 Å². The predicted molar refractivity (Wildman–Crippen MR) is 111 cm³/mol. The van der Waals surface area contributed by atoms with Crippen molar-refractivity contribution < 1.29 is 17.9 Å². The zero-order valence-corrected chi connectivity index (χ0v) is 17.3. The van der Waals surface area contributed by atoms with Crippen LogP contribution in [-0.2, 0) is 27.8 Å². The average Bonchev–Trinajstić information content (AvgIpc) is 3.11. The van der Waals surface area contributed by atoms with E-state index in [1.807, 2.05) is 24.3 Å². The molecule has 0 bridgehead atoms. The molecular formula is C21H26N2O4S. The molecule has 0 aliphatic carbocycles. The van der Waals surface area contributed by atoms with E-state index in [9.17, 15) is 13.2 Å². The highest BCUT2D eigenvalue weighted by molar-refractivity contribution is 7.92. The fourth-order valence-electron chi connectivity index (χ4n) is 3.58. The molecule has 7 heteroatoms. The molecule has 150 valence electrons. The van der Waals surface area contributed by atoms with Crippen LogP contribution >= 0.6 is 0 Å². The summed E-state index contributed by atoms with van der Waals surface area (Å²) in [5, 5.41) is 0. The minimum Gasteiger partial charge on any atom is -0.457 e. The zero-order chi connectivity index (χ0) is 20.3. The van der Waals surface area contributed by atoms with E-state index in [0.717, 1.165) is 29.9 Å². The van der Waals surface area contributed by atoms with Crippen molar-refractivity contribution in [2.24, 2.45) is 0 Å². The van der Waals surface area contributed by atoms with E-state index in [1.165, 1.54) is 10.6 Å². The Labute approximate surface area is 166 Å². The van der Waals surface area contributed by atoms with Crippen LogP contribution < -0.4 is 9.21 Å². The Kier molecular flexibility index (Phi) is 5.93. The summed E-state index contributed by atoms with van der Waals surface area (Å²) in [7, 11) is -3.30. The highest BCUT2D eigenvalue weighted by Crippen LogP contribution is 2.31. The van der Waals surface area contributed by atoms with Gasteiger partial charge in [0.15, 0.2) is 0 Å². The summed E-state index contributed by atoms with van der Waals surface area (Å²) in [6, 6.07) is 13.0. The first-order valence-electron chi connectivity index (χ1n) is 9.45. The van der Waals surface area contributed by atoms with E-state index < -0.39 is 16.0 Å². The van der Waals surface area contributed by atoms with Crippen LogP contribution in [0.4, 0.5) is 11.4 Å². The van der Waals surface area contributed by atoms with Crippen molar-refractivity contribution in [3.63, 3.8) is 0 Å². The molecule has 2 aromatic carbocycles. The number of rotatable bonds is 7. The Hall–Kier alpha value is -2.54. The maximum Gasteiger partial charge on any atom is 0.338 e. The van der Waals surface area contributed by atoms with E-state index in [2.05, 4.69) is 18.7 Å². The van der Waals surface area contributed by atoms with Crippen LogP contribution in [0.3, 0.4) is 0 Å². The molecular weight excluding hydrogens is 376 g/mol. The van der Waals surface area contributed by atoms with Crippen molar-refractivity contribution in [2.45, 2.75) is 26.9 Å². The van der Waals surface area contributed by atoms with Crippen molar-refractivity contribution in [3.8, 4) is 0 Å². The first-order valence-corrected chi connectivity index (χ1v) is 11.3. The number of sulfonamides is 1. The van der Waals surface area contributed by atoms with Crippen LogP contribution in [0.2, 0.25) is 0 Å². The summed E-state index contributed by atoms with van der Waals surface area (Å²) in [4.78, 5) is 14.8. The van der Waals surface area contributed by atoms with Crippen molar-refractivity contribution in [1.82, 2.24) is 0 Å². The quantitative estimate of drug-likeness (QED) is 0.666. The highest BCUT2D eigenvalue weighted by atomic mass is 32.2. The number of fused-ring (bicyclic) bond motifs is 1. The fraction of sp³-hybridized carbons (Fsp3) is 0.381. The first kappa shape index (κ1) is 20.2. The molecule has 1 aliphatic rings. The third-order valence-electron chi connectivity index (χ3n) is 5.02. The number of carbonyl (C=O) groups excluding carboxylic acids is 1. The molecule has 0 fully saturated rings. The Balaban J connectivity index is 1.74. The van der Waals surface area contributed by atoms with Crippen molar-refractivity contribution in [2.75, 3.05) is 35.1 Å². The Bertz CT molecular complexity index is 968. The summed E-state index contributed by atoms with van der Waals surface area (Å²) >= 11 is 0. The number of carbonyl (C=O) groups is 1. The van der Waals surface area contributed by atoms with Gasteiger partial charge in [-0.1, -0.05) is 18.2 Å². The number of nitrogens with zero attached hydrogens (tertiary/aromatic N) is 2. The smallest absolute Gasteiger partial charge is 0.338 e. The summed E-state index contributed by atoms with van der Waals surface area (Å²) in [6.07, 6.45) is 1.78. The van der Waals surface area contributed by atoms with Crippen LogP contribution in [0, 0.1) is 0 Å². The van der Waals surface area contributed by atoms with Gasteiger partial charge in [0.1, 0.15) is 6.61 Å². The fourth-order valence-corrected chi connectivity index (χ4v) is 4.53. The molecule has 28 heavy (non-hydrogen) atoms. The van der Waals surface area contributed by atoms with Gasteiger partial charge >= 0.3 is 5.97 Å². The van der Waals surface area contributed by atoms with Gasteiger partial charge in [-0.3, -0.25) is 4.31 Å². The lowest BCUT2D eigenvalue weighted by Crippen LogP contribution is -2.27. The number of benzene rings is 2. The number of hydrogen-bond acceptors (Lipinski definition) is 5. The third kappa shape index (κ3) is 4.14. The van der Waals surface area contributed by atoms with Crippen LogP contribution in [0.5, 0.6) is 0 Å². The summed E-state index contributed by atoms with van der Waals surface area (Å²) < 4.78 is 30.6. The minimum absolute atomic E-state index is 0.193. The van der Waals surface area contributed by atoms with Gasteiger partial charge < -0.3 is 9.64 Å². The van der Waals surface area contributed by atoms with Gasteiger partial charge in [0.05, 0.1) is 17.5 Å². The predicted octanol–water partition coefficient (Wildman–Crippen LogP) is 3.21. The average molecular weight is 403 g/mol. The standard InChI is InChI=1S/C21H26N2O4S/c1-4-22(5-2)19-9-7-6-8-18(19)15-27-21(24)17-10-11-20-16(14-17)12-13-23(20)28(3,25)26/h6-11,14H,4-5,12-13,15H2,1-3H3. The largest absolute Gasteiger partial charge is 0.457 e. The van der Waals surface area contributed by atoms with Crippen LogP contribution in [0.1, 0.15) is 35.3 Å². The summed E-state index contributed by atoms with van der Waals surface area (Å²) in [5.41, 5.74) is 3.96. The molecule has 6 nitrogen and oxygen atoms in total. The van der Waals surface area contributed by atoms with Crippen LogP contribution in [-0.4, -0.2) is 40.3 Å². The molecule has 0 saturated heterocycles. The monoisotopic (exact) mass is 402 g/mol. The second-order valence-corrected chi connectivity index (χ2v) is 8.71. The number of hydrogen-bond donors (Lipinski definition) is 0. The van der Waals surface area contributed by atoms with Gasteiger partial charge in [-0.05, 0) is 50.1 Å². The van der Waals surface area contributed by atoms with Gasteiger partial charge in [-0.25, -0.2) is 13.2 Å². The molecule has 1 heterocycles. The molecule has 0 atom stereocenters. The van der Waals surface area contributed by atoms with Gasteiger partial charge in [-0.15, -0.1) is 0 Å². The topological polar surface area (TPSA) is 66.9 Å². The van der Waals surface area contributed by atoms with Gasteiger partial charge in [0.25, 0.3) is 0 Å². The minimum atomic E-state index is -3.30. The third-order valence-corrected chi connectivity index (χ3v) is 6.20. The molecule has 0 unspecified atom stereocenters. The Morgan fingerprint density at radius 3 is 2.54 bits per heavy atom. The normalized spacial score (nSPS) is 13.3. The van der Waals surface area contributed by atoms with Gasteiger partial charge in [-0.2, -0.15) is 0 Å². The molecule has 2 aromatic rings. The van der Waals surface area contributed by atoms with E-state index in [1.54, 1.807) is 18.2 Å². The maximum atomic E-state index is 12.5. The van der Waals surface area contributed by atoms with E-state index >= 15 is 0 Å². The lowest BCUT2D eigenvalue weighted by molar-refractivity contribution is 0.0473. The zero-order valence-electron chi connectivity index (χ0n) is 16.5. The lowest BCUT2D eigenvalue weighted by atomic mass is 10.1. The molecule has 0 amide bonds. The Morgan fingerprint density at radius 2 is 1.86 bits per heavy atom. The second-order valence-electron chi connectivity index (χ2n) is 6.81. The van der Waals surface area contributed by atoms with Crippen molar-refractivity contribution in [1.29, 1.82) is 0 Å². The highest BCUT2D eigenvalue weighted by Gasteiger charge is 2.27. The number of esters is 1. The maximum absolute atomic E-state index is 12.5. The number of anilines is 2. The number of ether oxygens (including phenoxy) is 1.